The van der Waals surface area contributed by atoms with Crippen molar-refractivity contribution in [2.24, 2.45) is 0 Å². The highest BCUT2D eigenvalue weighted by molar-refractivity contribution is 5.74. The third-order valence-electron chi connectivity index (χ3n) is 5.09. The van der Waals surface area contributed by atoms with Crippen LogP contribution in [0.5, 0.6) is 0 Å². The summed E-state index contributed by atoms with van der Waals surface area (Å²) < 4.78 is 4.31. The van der Waals surface area contributed by atoms with Crippen molar-refractivity contribution in [1.82, 2.24) is 34.6 Å². The minimum atomic E-state index is 0.875. The first-order valence-electron chi connectivity index (χ1n) is 9.59. The Balaban J connectivity index is 1.29. The van der Waals surface area contributed by atoms with Gasteiger partial charge in [-0.1, -0.05) is 12.1 Å². The molecule has 7 nitrogen and oxygen atoms in total. The number of rotatable bonds is 5. The van der Waals surface area contributed by atoms with Crippen LogP contribution < -0.4 is 5.32 Å². The van der Waals surface area contributed by atoms with Crippen LogP contribution in [0.15, 0.2) is 42.7 Å². The molecule has 0 bridgehead atoms. The summed E-state index contributed by atoms with van der Waals surface area (Å²) in [4.78, 5) is 12.6. The van der Waals surface area contributed by atoms with Gasteiger partial charge in [-0.15, -0.1) is 0 Å². The molecule has 0 saturated carbocycles. The Hall–Kier alpha value is -2.93. The fourth-order valence-corrected chi connectivity index (χ4v) is 3.73. The molecule has 1 aliphatic heterocycles. The number of fused-ring (bicyclic) bond motifs is 2. The minimum Gasteiger partial charge on any atom is -0.342 e. The van der Waals surface area contributed by atoms with Crippen LogP contribution in [-0.4, -0.2) is 35.8 Å². The standard InChI is InChI=1S/C20H23N7/c1-2-6-17-16(5-1)23-19(24-17)7-3-10-26-12-9-22-20(26)18-13-15-14-21-8-4-11-27(15)25-18/h1-2,5-6,9,12-13,21H,3-4,7-8,10-11,14H2,(H,23,24). The lowest BCUT2D eigenvalue weighted by atomic mass is 10.3. The van der Waals surface area contributed by atoms with E-state index in [1.807, 2.05) is 30.6 Å². The SMILES string of the molecule is c1ccc2[nH]c(CCCn3ccnc3-c3cc4n(n3)CCCNC4)nc2c1. The summed E-state index contributed by atoms with van der Waals surface area (Å²) in [7, 11) is 0. The van der Waals surface area contributed by atoms with E-state index in [4.69, 9.17) is 5.10 Å². The molecular formula is C20H23N7. The number of benzene rings is 1. The maximum atomic E-state index is 4.78. The molecule has 0 spiro atoms. The van der Waals surface area contributed by atoms with Gasteiger partial charge in [0.1, 0.15) is 11.5 Å². The van der Waals surface area contributed by atoms with E-state index in [-0.39, 0.29) is 0 Å². The number of hydrogen-bond donors (Lipinski definition) is 2. The molecule has 3 aromatic heterocycles. The number of nitrogens with one attached hydrogen (secondary N) is 2. The van der Waals surface area contributed by atoms with Crippen molar-refractivity contribution in [1.29, 1.82) is 0 Å². The Labute approximate surface area is 157 Å². The molecule has 2 N–H and O–H groups in total. The molecule has 27 heavy (non-hydrogen) atoms. The topological polar surface area (TPSA) is 76.3 Å². The molecule has 4 heterocycles. The maximum absolute atomic E-state index is 4.78. The molecule has 1 aromatic carbocycles. The highest BCUT2D eigenvalue weighted by Gasteiger charge is 2.15. The lowest BCUT2D eigenvalue weighted by Gasteiger charge is -2.05. The second-order valence-corrected chi connectivity index (χ2v) is 7.02. The Morgan fingerprint density at radius 2 is 2.15 bits per heavy atom. The van der Waals surface area contributed by atoms with Crippen LogP contribution in [-0.2, 0) is 26.1 Å². The zero-order valence-corrected chi connectivity index (χ0v) is 15.2. The molecule has 1 aliphatic rings. The summed E-state index contributed by atoms with van der Waals surface area (Å²) >= 11 is 0. The lowest BCUT2D eigenvalue weighted by molar-refractivity contribution is 0.586. The van der Waals surface area contributed by atoms with Crippen molar-refractivity contribution in [3.8, 4) is 11.5 Å². The van der Waals surface area contributed by atoms with Crippen LogP contribution in [0.25, 0.3) is 22.6 Å². The van der Waals surface area contributed by atoms with Gasteiger partial charge in [0.2, 0.25) is 0 Å². The van der Waals surface area contributed by atoms with Crippen molar-refractivity contribution in [2.75, 3.05) is 6.54 Å². The van der Waals surface area contributed by atoms with Crippen molar-refractivity contribution in [3.05, 3.63) is 54.2 Å². The quantitative estimate of drug-likeness (QED) is 0.573. The number of H-pyrrole nitrogens is 1. The van der Waals surface area contributed by atoms with Gasteiger partial charge >= 0.3 is 0 Å². The van der Waals surface area contributed by atoms with Gasteiger partial charge in [-0.05, 0) is 37.6 Å². The van der Waals surface area contributed by atoms with E-state index in [9.17, 15) is 0 Å². The average Bonchev–Trinajstić information content (AvgIpc) is 3.37. The molecule has 5 rings (SSSR count). The van der Waals surface area contributed by atoms with Crippen LogP contribution in [0.2, 0.25) is 0 Å². The van der Waals surface area contributed by atoms with Crippen LogP contribution >= 0.6 is 0 Å². The van der Waals surface area contributed by atoms with Crippen LogP contribution in [0.4, 0.5) is 0 Å². The number of aromatic amines is 1. The third kappa shape index (κ3) is 3.26. The van der Waals surface area contributed by atoms with Crippen LogP contribution in [0.3, 0.4) is 0 Å². The zero-order valence-electron chi connectivity index (χ0n) is 15.2. The van der Waals surface area contributed by atoms with Gasteiger partial charge in [-0.3, -0.25) is 4.68 Å². The Kier molecular flexibility index (Phi) is 4.21. The van der Waals surface area contributed by atoms with Gasteiger partial charge < -0.3 is 14.9 Å². The summed E-state index contributed by atoms with van der Waals surface area (Å²) in [5.41, 5.74) is 4.33. The second kappa shape index (κ2) is 7.00. The highest BCUT2D eigenvalue weighted by atomic mass is 15.3. The average molecular weight is 361 g/mol. The molecule has 0 fully saturated rings. The monoisotopic (exact) mass is 361 g/mol. The number of para-hydroxylation sites is 2. The summed E-state index contributed by atoms with van der Waals surface area (Å²) in [6, 6.07) is 10.3. The molecule has 0 radical (unpaired) electrons. The van der Waals surface area contributed by atoms with Crippen molar-refractivity contribution in [2.45, 2.75) is 38.9 Å². The molecule has 7 heteroatoms. The number of aromatic nitrogens is 6. The highest BCUT2D eigenvalue weighted by Crippen LogP contribution is 2.20. The summed E-state index contributed by atoms with van der Waals surface area (Å²) in [6.07, 6.45) is 6.92. The van der Waals surface area contributed by atoms with E-state index in [1.165, 1.54) is 5.69 Å². The lowest BCUT2D eigenvalue weighted by Crippen LogP contribution is -2.11. The molecule has 4 aromatic rings. The fraction of sp³-hybridized carbons (Fsp3) is 0.350. The van der Waals surface area contributed by atoms with Gasteiger partial charge in [0.25, 0.3) is 0 Å². The first-order chi connectivity index (χ1) is 13.4. The fourth-order valence-electron chi connectivity index (χ4n) is 3.73. The van der Waals surface area contributed by atoms with E-state index in [1.54, 1.807) is 0 Å². The van der Waals surface area contributed by atoms with Crippen LogP contribution in [0.1, 0.15) is 24.4 Å². The predicted molar refractivity (Wildman–Crippen MR) is 104 cm³/mol. The van der Waals surface area contributed by atoms with Gasteiger partial charge in [-0.25, -0.2) is 9.97 Å². The van der Waals surface area contributed by atoms with E-state index in [0.29, 0.717) is 0 Å². The predicted octanol–water partition coefficient (Wildman–Crippen LogP) is 2.75. The van der Waals surface area contributed by atoms with E-state index < -0.39 is 0 Å². The number of hydrogen-bond acceptors (Lipinski definition) is 4. The number of aryl methyl sites for hydroxylation is 3. The van der Waals surface area contributed by atoms with E-state index >= 15 is 0 Å². The molecule has 0 atom stereocenters. The Bertz CT molecular complexity index is 999. The number of imidazole rings is 2. The molecule has 0 aliphatic carbocycles. The van der Waals surface area contributed by atoms with Gasteiger partial charge in [0.15, 0.2) is 5.82 Å². The minimum absolute atomic E-state index is 0.875. The Morgan fingerprint density at radius 3 is 3.11 bits per heavy atom. The molecule has 138 valence electrons. The van der Waals surface area contributed by atoms with Crippen molar-refractivity contribution in [3.63, 3.8) is 0 Å². The van der Waals surface area contributed by atoms with Crippen LogP contribution in [0, 0.1) is 0 Å². The molecule has 0 unspecified atom stereocenters. The summed E-state index contributed by atoms with van der Waals surface area (Å²) in [5.74, 6) is 1.98. The van der Waals surface area contributed by atoms with E-state index in [2.05, 4.69) is 41.7 Å². The first-order valence-corrected chi connectivity index (χ1v) is 9.59. The summed E-state index contributed by atoms with van der Waals surface area (Å²) in [6.45, 7) is 3.79. The Morgan fingerprint density at radius 1 is 1.19 bits per heavy atom. The maximum Gasteiger partial charge on any atom is 0.160 e. The van der Waals surface area contributed by atoms with E-state index in [0.717, 1.165) is 73.8 Å². The molecule has 0 saturated heterocycles. The van der Waals surface area contributed by atoms with Crippen molar-refractivity contribution >= 4 is 11.0 Å². The largest absolute Gasteiger partial charge is 0.342 e. The van der Waals surface area contributed by atoms with Crippen molar-refractivity contribution < 1.29 is 0 Å². The number of nitrogens with zero attached hydrogens (tertiary/aromatic N) is 5. The van der Waals surface area contributed by atoms with Gasteiger partial charge in [0.05, 0.1) is 16.7 Å². The van der Waals surface area contributed by atoms with Gasteiger partial charge in [0, 0.05) is 38.4 Å². The smallest absolute Gasteiger partial charge is 0.160 e. The molecular weight excluding hydrogens is 338 g/mol. The van der Waals surface area contributed by atoms with Gasteiger partial charge in [-0.2, -0.15) is 5.10 Å². The normalized spacial score (nSPS) is 14.4. The second-order valence-electron chi connectivity index (χ2n) is 7.02. The molecule has 0 amide bonds. The zero-order chi connectivity index (χ0) is 18.1. The first kappa shape index (κ1) is 16.3. The third-order valence-corrected chi connectivity index (χ3v) is 5.09. The summed E-state index contributed by atoms with van der Waals surface area (Å²) in [5, 5.41) is 8.23.